The number of fused-ring (bicyclic) bond motifs is 1. The number of nitrogens with two attached hydrogens (primary N) is 1. The van der Waals surface area contributed by atoms with Gasteiger partial charge < -0.3 is 11.1 Å². The van der Waals surface area contributed by atoms with E-state index < -0.39 is 0 Å². The SMILES string of the molecule is Cc1sc2nc(S[C@@H](C)C(=O)NCCc3ccc(F)cc3)nc(N)c2c1C. The lowest BCUT2D eigenvalue weighted by molar-refractivity contribution is -0.120. The van der Waals surface area contributed by atoms with Crippen LogP contribution in [-0.2, 0) is 11.2 Å². The van der Waals surface area contributed by atoms with Crippen LogP contribution in [0, 0.1) is 19.7 Å². The van der Waals surface area contributed by atoms with E-state index in [1.165, 1.54) is 28.8 Å². The largest absolute Gasteiger partial charge is 0.383 e. The lowest BCUT2D eigenvalue weighted by Gasteiger charge is -2.11. The van der Waals surface area contributed by atoms with Gasteiger partial charge in [0.15, 0.2) is 5.16 Å². The highest BCUT2D eigenvalue weighted by Crippen LogP contribution is 2.34. The average molecular weight is 405 g/mol. The normalized spacial score (nSPS) is 12.3. The smallest absolute Gasteiger partial charge is 0.233 e. The molecule has 0 bridgehead atoms. The summed E-state index contributed by atoms with van der Waals surface area (Å²) in [5.41, 5.74) is 8.17. The van der Waals surface area contributed by atoms with Crippen molar-refractivity contribution in [3.8, 4) is 0 Å². The molecule has 0 spiro atoms. The van der Waals surface area contributed by atoms with Crippen molar-refractivity contribution in [1.29, 1.82) is 0 Å². The van der Waals surface area contributed by atoms with Crippen LogP contribution in [0.2, 0.25) is 0 Å². The molecule has 27 heavy (non-hydrogen) atoms. The third-order valence-electron chi connectivity index (χ3n) is 4.31. The molecule has 0 saturated heterocycles. The first-order valence-electron chi connectivity index (χ1n) is 8.57. The summed E-state index contributed by atoms with van der Waals surface area (Å²) < 4.78 is 12.9. The highest BCUT2D eigenvalue weighted by Gasteiger charge is 2.18. The number of thioether (sulfide) groups is 1. The molecule has 3 N–H and O–H groups in total. The minimum Gasteiger partial charge on any atom is -0.383 e. The van der Waals surface area contributed by atoms with E-state index in [1.807, 2.05) is 20.8 Å². The third kappa shape index (κ3) is 4.56. The van der Waals surface area contributed by atoms with E-state index in [-0.39, 0.29) is 17.0 Å². The third-order valence-corrected chi connectivity index (χ3v) is 6.38. The van der Waals surface area contributed by atoms with E-state index in [4.69, 9.17) is 5.73 Å². The molecule has 1 amide bonds. The number of aromatic nitrogens is 2. The highest BCUT2D eigenvalue weighted by atomic mass is 32.2. The molecule has 0 aliphatic carbocycles. The maximum absolute atomic E-state index is 12.9. The first-order chi connectivity index (χ1) is 12.8. The number of carbonyl (C=O) groups is 1. The van der Waals surface area contributed by atoms with Crippen molar-refractivity contribution in [2.75, 3.05) is 12.3 Å². The zero-order valence-corrected chi connectivity index (χ0v) is 17.0. The van der Waals surface area contributed by atoms with Gasteiger partial charge in [-0.15, -0.1) is 11.3 Å². The highest BCUT2D eigenvalue weighted by molar-refractivity contribution is 8.00. The van der Waals surface area contributed by atoms with Gasteiger partial charge in [0.2, 0.25) is 5.91 Å². The van der Waals surface area contributed by atoms with Crippen molar-refractivity contribution in [3.63, 3.8) is 0 Å². The molecule has 142 valence electrons. The number of hydrogen-bond donors (Lipinski definition) is 2. The fraction of sp³-hybridized carbons (Fsp3) is 0.316. The average Bonchev–Trinajstić information content (AvgIpc) is 2.91. The molecular weight excluding hydrogens is 383 g/mol. The van der Waals surface area contributed by atoms with Crippen molar-refractivity contribution >= 4 is 45.0 Å². The summed E-state index contributed by atoms with van der Waals surface area (Å²) >= 11 is 2.87. The van der Waals surface area contributed by atoms with E-state index in [9.17, 15) is 9.18 Å². The van der Waals surface area contributed by atoms with Crippen LogP contribution in [0.5, 0.6) is 0 Å². The van der Waals surface area contributed by atoms with Gasteiger partial charge >= 0.3 is 0 Å². The second-order valence-corrected chi connectivity index (χ2v) is 8.79. The number of amides is 1. The molecule has 0 unspecified atom stereocenters. The van der Waals surface area contributed by atoms with Crippen LogP contribution in [0.4, 0.5) is 10.2 Å². The topological polar surface area (TPSA) is 80.9 Å². The Balaban J connectivity index is 1.59. The summed E-state index contributed by atoms with van der Waals surface area (Å²) in [5, 5.41) is 3.95. The maximum Gasteiger partial charge on any atom is 0.233 e. The second-order valence-electron chi connectivity index (χ2n) is 6.28. The molecule has 3 rings (SSSR count). The molecule has 0 fully saturated rings. The Hall–Kier alpha value is -2.19. The van der Waals surface area contributed by atoms with Gasteiger partial charge in [-0.2, -0.15) is 0 Å². The number of benzene rings is 1. The van der Waals surface area contributed by atoms with Crippen LogP contribution in [0.3, 0.4) is 0 Å². The predicted molar refractivity (Wildman–Crippen MR) is 110 cm³/mol. The van der Waals surface area contributed by atoms with Crippen LogP contribution in [0.1, 0.15) is 22.9 Å². The van der Waals surface area contributed by atoms with Gasteiger partial charge in [0.1, 0.15) is 16.5 Å². The lowest BCUT2D eigenvalue weighted by atomic mass is 10.1. The Labute approximate surface area is 165 Å². The molecule has 2 heterocycles. The number of nitrogen functional groups attached to an aromatic ring is 1. The van der Waals surface area contributed by atoms with Crippen LogP contribution < -0.4 is 11.1 Å². The first kappa shape index (κ1) is 19.6. The Morgan fingerprint density at radius 3 is 2.70 bits per heavy atom. The number of hydrogen-bond acceptors (Lipinski definition) is 6. The minimum atomic E-state index is -0.350. The standard InChI is InChI=1S/C19H21FN4OS2/c1-10-11(2)26-18-15(10)16(21)23-19(24-18)27-12(3)17(25)22-9-8-13-4-6-14(20)7-5-13/h4-7,12H,8-9H2,1-3H3,(H,22,25)(H2,21,23,24)/t12-/m0/s1. The van der Waals surface area contributed by atoms with E-state index in [1.54, 1.807) is 23.5 Å². The van der Waals surface area contributed by atoms with Crippen molar-refractivity contribution in [1.82, 2.24) is 15.3 Å². The van der Waals surface area contributed by atoms with Crippen molar-refractivity contribution < 1.29 is 9.18 Å². The van der Waals surface area contributed by atoms with Crippen molar-refractivity contribution in [2.45, 2.75) is 37.6 Å². The first-order valence-corrected chi connectivity index (χ1v) is 10.3. The fourth-order valence-corrected chi connectivity index (χ4v) is 4.55. The van der Waals surface area contributed by atoms with Gasteiger partial charge in [-0.3, -0.25) is 4.79 Å². The molecule has 0 aliphatic rings. The molecule has 5 nitrogen and oxygen atoms in total. The Morgan fingerprint density at radius 1 is 1.30 bits per heavy atom. The molecule has 8 heteroatoms. The number of rotatable bonds is 6. The van der Waals surface area contributed by atoms with Gasteiger partial charge in [0.25, 0.3) is 0 Å². The molecule has 2 aromatic heterocycles. The van der Waals surface area contributed by atoms with Gasteiger partial charge in [-0.1, -0.05) is 23.9 Å². The molecular formula is C19H21FN4OS2. The van der Waals surface area contributed by atoms with E-state index in [2.05, 4.69) is 15.3 Å². The van der Waals surface area contributed by atoms with E-state index in [0.717, 1.165) is 21.3 Å². The number of halogens is 1. The predicted octanol–water partition coefficient (Wildman–Crippen LogP) is 3.87. The number of nitrogens with zero attached hydrogens (tertiary/aromatic N) is 2. The molecule has 3 aromatic rings. The summed E-state index contributed by atoms with van der Waals surface area (Å²) in [6.45, 7) is 6.34. The maximum atomic E-state index is 12.9. The minimum absolute atomic E-state index is 0.0945. The Bertz CT molecular complexity index is 972. The van der Waals surface area contributed by atoms with Crippen molar-refractivity contribution in [2.24, 2.45) is 0 Å². The van der Waals surface area contributed by atoms with Crippen LogP contribution >= 0.6 is 23.1 Å². The van der Waals surface area contributed by atoms with Crippen molar-refractivity contribution in [3.05, 3.63) is 46.1 Å². The number of aryl methyl sites for hydroxylation is 2. The van der Waals surface area contributed by atoms with Gasteiger partial charge in [0, 0.05) is 11.4 Å². The van der Waals surface area contributed by atoms with Gasteiger partial charge in [-0.05, 0) is 50.5 Å². The Morgan fingerprint density at radius 2 is 2.00 bits per heavy atom. The van der Waals surface area contributed by atoms with Crippen LogP contribution in [0.15, 0.2) is 29.4 Å². The Kier molecular flexibility index (Phi) is 5.96. The van der Waals surface area contributed by atoms with Gasteiger partial charge in [-0.25, -0.2) is 14.4 Å². The van der Waals surface area contributed by atoms with E-state index in [0.29, 0.717) is 23.9 Å². The fourth-order valence-electron chi connectivity index (χ4n) is 2.65. The lowest BCUT2D eigenvalue weighted by Crippen LogP contribution is -2.32. The summed E-state index contributed by atoms with van der Waals surface area (Å²) in [6.07, 6.45) is 0.645. The molecule has 0 aliphatic heterocycles. The summed E-state index contributed by atoms with van der Waals surface area (Å²) in [7, 11) is 0. The number of thiophene rings is 1. The molecule has 0 saturated carbocycles. The van der Waals surface area contributed by atoms with Crippen LogP contribution in [0.25, 0.3) is 10.2 Å². The van der Waals surface area contributed by atoms with E-state index >= 15 is 0 Å². The zero-order valence-electron chi connectivity index (χ0n) is 15.4. The molecule has 1 atom stereocenters. The van der Waals surface area contributed by atoms with Crippen LogP contribution in [-0.4, -0.2) is 27.7 Å². The number of nitrogens with one attached hydrogen (secondary N) is 1. The molecule has 0 radical (unpaired) electrons. The summed E-state index contributed by atoms with van der Waals surface area (Å²) in [5.74, 6) is 0.0939. The van der Waals surface area contributed by atoms with Gasteiger partial charge in [0.05, 0.1) is 10.6 Å². The monoisotopic (exact) mass is 404 g/mol. The summed E-state index contributed by atoms with van der Waals surface area (Å²) in [6, 6.07) is 6.27. The number of anilines is 1. The quantitative estimate of drug-likeness (QED) is 0.481. The second kappa shape index (κ2) is 8.22. The molecule has 1 aromatic carbocycles. The summed E-state index contributed by atoms with van der Waals surface area (Å²) in [4.78, 5) is 23.2. The number of carbonyl (C=O) groups excluding carboxylic acids is 1. The zero-order chi connectivity index (χ0) is 19.6.